The van der Waals surface area contributed by atoms with E-state index >= 15 is 0 Å². The maximum Gasteiger partial charge on any atom is 0.336 e. The highest BCUT2D eigenvalue weighted by Crippen LogP contribution is 2.14. The molecule has 0 aliphatic heterocycles. The lowest BCUT2D eigenvalue weighted by molar-refractivity contribution is -0.384. The van der Waals surface area contributed by atoms with Crippen molar-refractivity contribution >= 4 is 22.5 Å². The lowest BCUT2D eigenvalue weighted by Crippen LogP contribution is -2.41. The molecular formula is C19H18N4O5. The number of nitro benzene ring substituents is 1. The number of rotatable bonds is 6. The number of aromatic nitrogens is 2. The minimum Gasteiger partial charge on any atom is -0.355 e. The molecule has 1 aromatic heterocycles. The van der Waals surface area contributed by atoms with E-state index in [0.29, 0.717) is 12.1 Å². The average molecular weight is 382 g/mol. The molecule has 0 bridgehead atoms. The number of para-hydroxylation sites is 1. The lowest BCUT2D eigenvalue weighted by Gasteiger charge is -2.14. The molecule has 0 atom stereocenters. The molecule has 144 valence electrons. The smallest absolute Gasteiger partial charge is 0.336 e. The molecule has 0 saturated heterocycles. The van der Waals surface area contributed by atoms with Crippen molar-refractivity contribution in [2.45, 2.75) is 19.9 Å². The van der Waals surface area contributed by atoms with Crippen molar-refractivity contribution in [3.8, 4) is 5.69 Å². The van der Waals surface area contributed by atoms with Gasteiger partial charge in [0.1, 0.15) is 6.54 Å². The number of amides is 1. The molecule has 0 radical (unpaired) electrons. The van der Waals surface area contributed by atoms with Crippen LogP contribution in [0.15, 0.2) is 58.1 Å². The Morgan fingerprint density at radius 2 is 1.79 bits per heavy atom. The van der Waals surface area contributed by atoms with E-state index in [2.05, 4.69) is 5.32 Å². The normalized spacial score (nSPS) is 10.8. The first-order valence-corrected chi connectivity index (χ1v) is 8.70. The molecule has 0 aliphatic carbocycles. The van der Waals surface area contributed by atoms with Crippen LogP contribution >= 0.6 is 0 Å². The van der Waals surface area contributed by atoms with Gasteiger partial charge in [-0.3, -0.25) is 24.3 Å². The Hall–Kier alpha value is -3.75. The molecule has 3 rings (SSSR count). The molecule has 2 aromatic carbocycles. The van der Waals surface area contributed by atoms with Crippen molar-refractivity contribution < 1.29 is 9.72 Å². The van der Waals surface area contributed by atoms with Gasteiger partial charge in [0.25, 0.3) is 11.2 Å². The van der Waals surface area contributed by atoms with Crippen LogP contribution < -0.4 is 16.6 Å². The van der Waals surface area contributed by atoms with Crippen LogP contribution in [-0.4, -0.2) is 26.5 Å². The molecule has 1 amide bonds. The van der Waals surface area contributed by atoms with E-state index in [9.17, 15) is 24.5 Å². The van der Waals surface area contributed by atoms with Gasteiger partial charge in [-0.1, -0.05) is 19.1 Å². The topological polar surface area (TPSA) is 116 Å². The zero-order valence-electron chi connectivity index (χ0n) is 15.1. The second-order valence-electron chi connectivity index (χ2n) is 6.15. The van der Waals surface area contributed by atoms with Gasteiger partial charge in [-0.15, -0.1) is 0 Å². The zero-order valence-corrected chi connectivity index (χ0v) is 15.1. The van der Waals surface area contributed by atoms with E-state index in [-0.39, 0.29) is 29.2 Å². The quantitative estimate of drug-likeness (QED) is 0.513. The van der Waals surface area contributed by atoms with Crippen molar-refractivity contribution in [2.24, 2.45) is 0 Å². The molecule has 0 unspecified atom stereocenters. The fourth-order valence-corrected chi connectivity index (χ4v) is 2.89. The number of hydrogen-bond donors (Lipinski definition) is 1. The third-order valence-electron chi connectivity index (χ3n) is 4.24. The number of nitrogens with one attached hydrogen (secondary N) is 1. The summed E-state index contributed by atoms with van der Waals surface area (Å²) in [6, 6.07) is 11.6. The molecule has 28 heavy (non-hydrogen) atoms. The van der Waals surface area contributed by atoms with Crippen LogP contribution in [0.4, 0.5) is 5.69 Å². The Bertz CT molecular complexity index is 1160. The number of hydrogen-bond acceptors (Lipinski definition) is 5. The number of benzene rings is 2. The molecule has 0 aliphatic rings. The summed E-state index contributed by atoms with van der Waals surface area (Å²) in [5.41, 5.74) is -0.864. The Labute approximate surface area is 159 Å². The predicted octanol–water partition coefficient (Wildman–Crippen LogP) is 1.59. The van der Waals surface area contributed by atoms with E-state index in [1.54, 1.807) is 24.3 Å². The van der Waals surface area contributed by atoms with Crippen LogP contribution in [0.2, 0.25) is 0 Å². The minimum absolute atomic E-state index is 0.156. The van der Waals surface area contributed by atoms with Crippen LogP contribution in [0.1, 0.15) is 13.3 Å². The number of non-ortho nitro benzene ring substituents is 1. The fourth-order valence-electron chi connectivity index (χ4n) is 2.89. The summed E-state index contributed by atoms with van der Waals surface area (Å²) >= 11 is 0. The summed E-state index contributed by atoms with van der Waals surface area (Å²) in [6.07, 6.45) is 0.754. The standard InChI is InChI=1S/C19H18N4O5/c1-2-11-20-17(24)12-21-16-6-4-3-5-15(16)18(25)22(19(21)26)13-7-9-14(10-8-13)23(27)28/h3-10H,2,11-12H2,1H3,(H,20,24). The van der Waals surface area contributed by atoms with Crippen LogP contribution in [0, 0.1) is 10.1 Å². The first-order valence-electron chi connectivity index (χ1n) is 8.70. The van der Waals surface area contributed by atoms with Gasteiger partial charge in [0, 0.05) is 18.7 Å². The Kier molecular flexibility index (Phi) is 5.35. The van der Waals surface area contributed by atoms with E-state index in [0.717, 1.165) is 11.0 Å². The molecule has 0 spiro atoms. The number of fused-ring (bicyclic) bond motifs is 1. The van der Waals surface area contributed by atoms with E-state index < -0.39 is 16.2 Å². The fraction of sp³-hybridized carbons (Fsp3) is 0.211. The lowest BCUT2D eigenvalue weighted by atomic mass is 10.2. The summed E-state index contributed by atoms with van der Waals surface area (Å²) in [4.78, 5) is 48.4. The van der Waals surface area contributed by atoms with Gasteiger partial charge in [0.15, 0.2) is 0 Å². The van der Waals surface area contributed by atoms with Gasteiger partial charge < -0.3 is 5.32 Å². The molecule has 1 N–H and O–H groups in total. The molecule has 0 saturated carbocycles. The van der Waals surface area contributed by atoms with Crippen molar-refractivity contribution in [1.29, 1.82) is 0 Å². The van der Waals surface area contributed by atoms with Gasteiger partial charge >= 0.3 is 5.69 Å². The van der Waals surface area contributed by atoms with E-state index in [4.69, 9.17) is 0 Å². The largest absolute Gasteiger partial charge is 0.355 e. The second-order valence-corrected chi connectivity index (χ2v) is 6.15. The van der Waals surface area contributed by atoms with Gasteiger partial charge in [-0.2, -0.15) is 0 Å². The maximum atomic E-state index is 13.0. The minimum atomic E-state index is -0.691. The molecular weight excluding hydrogens is 364 g/mol. The second kappa shape index (κ2) is 7.87. The first-order chi connectivity index (χ1) is 13.4. The Morgan fingerprint density at radius 1 is 1.11 bits per heavy atom. The number of nitrogens with zero attached hydrogens (tertiary/aromatic N) is 3. The highest BCUT2D eigenvalue weighted by molar-refractivity contribution is 5.81. The van der Waals surface area contributed by atoms with Crippen LogP contribution in [-0.2, 0) is 11.3 Å². The van der Waals surface area contributed by atoms with E-state index in [1.807, 2.05) is 6.92 Å². The van der Waals surface area contributed by atoms with E-state index in [1.165, 1.54) is 28.8 Å². The summed E-state index contributed by atoms with van der Waals surface area (Å²) in [6.45, 7) is 2.15. The average Bonchev–Trinajstić information content (AvgIpc) is 2.70. The van der Waals surface area contributed by atoms with Gasteiger partial charge in [0.2, 0.25) is 5.91 Å². The molecule has 1 heterocycles. The third-order valence-corrected chi connectivity index (χ3v) is 4.24. The summed E-state index contributed by atoms with van der Waals surface area (Å²) < 4.78 is 2.14. The third kappa shape index (κ3) is 3.54. The SMILES string of the molecule is CCCNC(=O)Cn1c(=O)n(-c2ccc([N+](=O)[O-])cc2)c(=O)c2ccccc21. The monoisotopic (exact) mass is 382 g/mol. The Balaban J connectivity index is 2.20. The number of carbonyl (C=O) groups is 1. The zero-order chi connectivity index (χ0) is 20.3. The molecule has 9 nitrogen and oxygen atoms in total. The Morgan fingerprint density at radius 3 is 2.43 bits per heavy atom. The first kappa shape index (κ1) is 19.0. The highest BCUT2D eigenvalue weighted by atomic mass is 16.6. The maximum absolute atomic E-state index is 13.0. The molecule has 3 aromatic rings. The van der Waals surface area contributed by atoms with Gasteiger partial charge in [-0.25, -0.2) is 9.36 Å². The van der Waals surface area contributed by atoms with Crippen molar-refractivity contribution in [3.63, 3.8) is 0 Å². The summed E-state index contributed by atoms with van der Waals surface area (Å²) in [5, 5.41) is 13.8. The van der Waals surface area contributed by atoms with Gasteiger partial charge in [-0.05, 0) is 30.7 Å². The molecule has 0 fully saturated rings. The molecule has 9 heteroatoms. The summed E-state index contributed by atoms with van der Waals surface area (Å²) in [5.74, 6) is -0.344. The number of nitro groups is 1. The van der Waals surface area contributed by atoms with Crippen LogP contribution in [0.3, 0.4) is 0 Å². The summed E-state index contributed by atoms with van der Waals surface area (Å²) in [7, 11) is 0. The number of carbonyl (C=O) groups excluding carboxylic acids is 1. The van der Waals surface area contributed by atoms with Crippen molar-refractivity contribution in [2.75, 3.05) is 6.54 Å². The highest BCUT2D eigenvalue weighted by Gasteiger charge is 2.17. The van der Waals surface area contributed by atoms with Crippen molar-refractivity contribution in [3.05, 3.63) is 79.5 Å². The van der Waals surface area contributed by atoms with Crippen LogP contribution in [0.5, 0.6) is 0 Å². The predicted molar refractivity (Wildman–Crippen MR) is 104 cm³/mol. The van der Waals surface area contributed by atoms with Crippen molar-refractivity contribution in [1.82, 2.24) is 14.5 Å². The van der Waals surface area contributed by atoms with Crippen LogP contribution in [0.25, 0.3) is 16.6 Å². The van der Waals surface area contributed by atoms with Gasteiger partial charge in [0.05, 0.1) is 21.5 Å².